The number of hydrogen-bond acceptors (Lipinski definition) is 5. The molecule has 5 heteroatoms. The summed E-state index contributed by atoms with van der Waals surface area (Å²) in [5, 5.41) is 29.2. The van der Waals surface area contributed by atoms with Crippen molar-refractivity contribution in [1.82, 2.24) is 9.97 Å². The Bertz CT molecular complexity index is 1440. The fourth-order valence-electron chi connectivity index (χ4n) is 3.41. The lowest BCUT2D eigenvalue weighted by molar-refractivity contribution is 0.475. The molecule has 0 aliphatic carbocycles. The second-order valence-corrected chi connectivity index (χ2v) is 7.67. The molecular weight excluding hydrogens is 436 g/mol. The number of hydrogen-bond donors (Lipinski definition) is 3. The highest BCUT2D eigenvalue weighted by Gasteiger charge is 1.95. The molecule has 0 saturated carbocycles. The van der Waals surface area contributed by atoms with Gasteiger partial charge in [-0.2, -0.15) is 0 Å². The van der Waals surface area contributed by atoms with Gasteiger partial charge in [0.1, 0.15) is 17.2 Å². The Morgan fingerprint density at radius 2 is 0.857 bits per heavy atom. The van der Waals surface area contributed by atoms with Crippen LogP contribution in [-0.4, -0.2) is 25.3 Å². The van der Waals surface area contributed by atoms with Crippen molar-refractivity contribution in [3.05, 3.63) is 128 Å². The molecule has 0 radical (unpaired) electrons. The summed E-state index contributed by atoms with van der Waals surface area (Å²) in [6.45, 7) is 0. The van der Waals surface area contributed by atoms with Gasteiger partial charge in [0.25, 0.3) is 0 Å². The summed E-state index contributed by atoms with van der Waals surface area (Å²) in [4.78, 5) is 8.22. The lowest BCUT2D eigenvalue weighted by Crippen LogP contribution is -1.75. The molecule has 0 saturated heterocycles. The van der Waals surface area contributed by atoms with E-state index in [9.17, 15) is 0 Å². The highest BCUT2D eigenvalue weighted by atomic mass is 16.3. The van der Waals surface area contributed by atoms with E-state index in [-0.39, 0.29) is 11.5 Å². The lowest BCUT2D eigenvalue weighted by atomic mass is 10.1. The van der Waals surface area contributed by atoms with Crippen molar-refractivity contribution >= 4 is 21.8 Å². The molecule has 6 rings (SSSR count). The van der Waals surface area contributed by atoms with Crippen molar-refractivity contribution in [2.45, 2.75) is 0 Å². The number of phenolic OH excluding ortho intramolecular Hbond substituents is 3. The quantitative estimate of drug-likeness (QED) is 0.247. The number of phenols is 3. The predicted octanol–water partition coefficient (Wildman–Crippen LogP) is 6.94. The first kappa shape index (κ1) is 23.3. The van der Waals surface area contributed by atoms with Gasteiger partial charge >= 0.3 is 0 Å². The van der Waals surface area contributed by atoms with Crippen LogP contribution in [0.3, 0.4) is 0 Å². The Labute approximate surface area is 203 Å². The fourth-order valence-corrected chi connectivity index (χ4v) is 3.41. The largest absolute Gasteiger partial charge is 0.508 e. The molecule has 4 aromatic carbocycles. The van der Waals surface area contributed by atoms with Crippen LogP contribution in [0, 0.1) is 0 Å². The number of benzene rings is 4. The van der Waals surface area contributed by atoms with Gasteiger partial charge in [-0.1, -0.05) is 54.6 Å². The first-order valence-electron chi connectivity index (χ1n) is 11.0. The molecule has 35 heavy (non-hydrogen) atoms. The van der Waals surface area contributed by atoms with Gasteiger partial charge in [0.05, 0.1) is 11.0 Å². The number of fused-ring (bicyclic) bond motifs is 2. The molecule has 5 nitrogen and oxygen atoms in total. The SMILES string of the molecule is Oc1ccc(-c2ccccc2)cc1.Oc1ccc2ncccc2c1.Oc1ccc2ncccc2c1. The summed E-state index contributed by atoms with van der Waals surface area (Å²) in [6.07, 6.45) is 3.47. The maximum absolute atomic E-state index is 9.10. The van der Waals surface area contributed by atoms with E-state index in [2.05, 4.69) is 9.97 Å². The topological polar surface area (TPSA) is 86.5 Å². The van der Waals surface area contributed by atoms with Crippen molar-refractivity contribution in [1.29, 1.82) is 0 Å². The summed E-state index contributed by atoms with van der Waals surface area (Å²) >= 11 is 0. The van der Waals surface area contributed by atoms with Crippen LogP contribution in [0.15, 0.2) is 128 Å². The molecule has 0 aliphatic rings. The Morgan fingerprint density at radius 3 is 1.37 bits per heavy atom. The average molecular weight is 461 g/mol. The van der Waals surface area contributed by atoms with Crippen molar-refractivity contribution in [3.63, 3.8) is 0 Å². The van der Waals surface area contributed by atoms with E-state index in [0.717, 1.165) is 27.4 Å². The number of aromatic hydroxyl groups is 3. The second kappa shape index (κ2) is 11.3. The first-order chi connectivity index (χ1) is 17.1. The first-order valence-corrected chi connectivity index (χ1v) is 11.0. The van der Waals surface area contributed by atoms with Gasteiger partial charge in [-0.15, -0.1) is 0 Å². The third-order valence-corrected chi connectivity index (χ3v) is 5.15. The fraction of sp³-hybridized carbons (Fsp3) is 0. The number of rotatable bonds is 1. The van der Waals surface area contributed by atoms with E-state index in [1.54, 1.807) is 60.9 Å². The minimum absolute atomic E-state index is 0.283. The van der Waals surface area contributed by atoms with Crippen molar-refractivity contribution < 1.29 is 15.3 Å². The Balaban J connectivity index is 0.000000124. The van der Waals surface area contributed by atoms with Gasteiger partial charge in [-0.25, -0.2) is 0 Å². The molecule has 0 bridgehead atoms. The maximum atomic E-state index is 9.10. The van der Waals surface area contributed by atoms with Crippen molar-refractivity contribution in [2.24, 2.45) is 0 Å². The highest BCUT2D eigenvalue weighted by Crippen LogP contribution is 2.21. The van der Waals surface area contributed by atoms with Crippen LogP contribution in [0.2, 0.25) is 0 Å². The summed E-state index contributed by atoms with van der Waals surface area (Å²) < 4.78 is 0. The molecular formula is C30H24N2O3. The van der Waals surface area contributed by atoms with E-state index >= 15 is 0 Å². The van der Waals surface area contributed by atoms with Crippen LogP contribution in [0.1, 0.15) is 0 Å². The van der Waals surface area contributed by atoms with Crippen molar-refractivity contribution in [3.8, 4) is 28.4 Å². The van der Waals surface area contributed by atoms with Crippen LogP contribution >= 0.6 is 0 Å². The minimum Gasteiger partial charge on any atom is -0.508 e. The summed E-state index contributed by atoms with van der Waals surface area (Å²) in [6, 6.07) is 35.1. The molecule has 172 valence electrons. The molecule has 0 atom stereocenters. The van der Waals surface area contributed by atoms with Gasteiger partial charge < -0.3 is 15.3 Å². The molecule has 2 heterocycles. The van der Waals surface area contributed by atoms with Gasteiger partial charge in [-0.05, 0) is 71.8 Å². The predicted molar refractivity (Wildman–Crippen MR) is 140 cm³/mol. The van der Waals surface area contributed by atoms with Crippen molar-refractivity contribution in [2.75, 3.05) is 0 Å². The molecule has 2 aromatic heterocycles. The van der Waals surface area contributed by atoms with Crippen LogP contribution in [0.5, 0.6) is 17.2 Å². The van der Waals surface area contributed by atoms with Crippen LogP contribution in [0.25, 0.3) is 32.9 Å². The Hall–Kier alpha value is -4.90. The molecule has 3 N–H and O–H groups in total. The molecule has 0 fully saturated rings. The van der Waals surface area contributed by atoms with E-state index < -0.39 is 0 Å². The zero-order chi connectivity index (χ0) is 24.5. The summed E-state index contributed by atoms with van der Waals surface area (Å²) in [7, 11) is 0. The molecule has 0 aliphatic heterocycles. The molecule has 0 amide bonds. The van der Waals surface area contributed by atoms with E-state index in [0.29, 0.717) is 5.75 Å². The maximum Gasteiger partial charge on any atom is 0.116 e. The lowest BCUT2D eigenvalue weighted by Gasteiger charge is -2.00. The second-order valence-electron chi connectivity index (χ2n) is 7.67. The standard InChI is InChI=1S/C12H10O.2C9H7NO/c13-12-8-6-11(7-9-12)10-4-2-1-3-5-10;2*11-8-3-4-9-7(6-8)2-1-5-10-9/h1-9,13H;2*1-6,11H. The normalized spacial score (nSPS) is 10.1. The van der Waals surface area contributed by atoms with Gasteiger partial charge in [0.2, 0.25) is 0 Å². The minimum atomic E-state index is 0.283. The highest BCUT2D eigenvalue weighted by molar-refractivity contribution is 5.80. The van der Waals surface area contributed by atoms with Crippen LogP contribution < -0.4 is 0 Å². The zero-order valence-corrected chi connectivity index (χ0v) is 18.9. The van der Waals surface area contributed by atoms with E-state index in [1.165, 1.54) is 5.56 Å². The third-order valence-electron chi connectivity index (χ3n) is 5.15. The van der Waals surface area contributed by atoms with Gasteiger partial charge in [-0.3, -0.25) is 9.97 Å². The van der Waals surface area contributed by atoms with E-state index in [4.69, 9.17) is 15.3 Å². The summed E-state index contributed by atoms with van der Waals surface area (Å²) in [5.74, 6) is 0.871. The van der Waals surface area contributed by atoms with Crippen LogP contribution in [-0.2, 0) is 0 Å². The Morgan fingerprint density at radius 1 is 0.400 bits per heavy atom. The molecule has 0 spiro atoms. The van der Waals surface area contributed by atoms with Gasteiger partial charge in [0, 0.05) is 23.2 Å². The third kappa shape index (κ3) is 6.55. The molecule has 6 aromatic rings. The number of aromatic nitrogens is 2. The van der Waals surface area contributed by atoms with E-state index in [1.807, 2.05) is 66.7 Å². The average Bonchev–Trinajstić information content (AvgIpc) is 2.90. The molecule has 0 unspecified atom stereocenters. The summed E-state index contributed by atoms with van der Waals surface area (Å²) in [5.41, 5.74) is 4.11. The number of pyridine rings is 2. The Kier molecular flexibility index (Phi) is 7.51. The van der Waals surface area contributed by atoms with Crippen LogP contribution in [0.4, 0.5) is 0 Å². The monoisotopic (exact) mass is 460 g/mol. The number of nitrogens with zero attached hydrogens (tertiary/aromatic N) is 2. The smallest absolute Gasteiger partial charge is 0.116 e. The van der Waals surface area contributed by atoms with Gasteiger partial charge in [0.15, 0.2) is 0 Å². The zero-order valence-electron chi connectivity index (χ0n) is 18.9.